The lowest BCUT2D eigenvalue weighted by Crippen LogP contribution is -2.59. The Hall–Kier alpha value is -1.14. The predicted molar refractivity (Wildman–Crippen MR) is 185 cm³/mol. The summed E-state index contributed by atoms with van der Waals surface area (Å²) in [6, 6.07) is -0.0914. The van der Waals surface area contributed by atoms with Gasteiger partial charge < -0.3 is 33.9 Å². The number of likely N-dealkylation sites (N-methyl/N-ethyl adjacent to an activating group) is 1. The molecule has 0 radical (unpaired) electrons. The number of ketones is 1. The second-order valence-electron chi connectivity index (χ2n) is 16.0. The third-order valence-electron chi connectivity index (χ3n) is 11.2. The summed E-state index contributed by atoms with van der Waals surface area (Å²) in [5.74, 6) is -0.755. The lowest BCUT2D eigenvalue weighted by atomic mass is 9.74. The Morgan fingerprint density at radius 3 is 2.23 bits per heavy atom. The molecule has 3 rings (SSSR count). The SMILES string of the molecule is CCCN1CCC(C[C@@H]2COC(=O)C(C)(C)C(=O)[C@H](C)[C@@H](O[C@@H]3O[C@H](C)C[C@H](N(C)C)[C@H]3O)[C@](C)(OC)C[C@@H](C)CN2CCC)CC1. The Kier molecular flexibility index (Phi) is 15.2. The smallest absolute Gasteiger partial charge is 0.319 e. The maximum absolute atomic E-state index is 14.3. The van der Waals surface area contributed by atoms with Gasteiger partial charge in [-0.3, -0.25) is 14.5 Å². The van der Waals surface area contributed by atoms with Crippen molar-refractivity contribution in [2.45, 2.75) is 143 Å². The molecule has 3 aliphatic rings. The first kappa shape index (κ1) is 40.3. The van der Waals surface area contributed by atoms with Crippen LogP contribution in [0, 0.1) is 23.2 Å². The molecule has 10 heteroatoms. The van der Waals surface area contributed by atoms with E-state index in [0.29, 0.717) is 18.8 Å². The molecule has 0 aromatic carbocycles. The van der Waals surface area contributed by atoms with E-state index in [1.165, 1.54) is 6.42 Å². The molecule has 9 atom stereocenters. The van der Waals surface area contributed by atoms with Crippen molar-refractivity contribution in [1.82, 2.24) is 14.7 Å². The molecule has 0 aromatic heterocycles. The monoisotopic (exact) mass is 668 g/mol. The van der Waals surface area contributed by atoms with Gasteiger partial charge in [0.2, 0.25) is 0 Å². The lowest BCUT2D eigenvalue weighted by molar-refractivity contribution is -0.295. The van der Waals surface area contributed by atoms with Crippen LogP contribution in [0.2, 0.25) is 0 Å². The number of aliphatic hydroxyl groups excluding tert-OH is 1. The Bertz CT molecular complexity index is 987. The highest BCUT2D eigenvalue weighted by Crippen LogP contribution is 2.38. The zero-order valence-electron chi connectivity index (χ0n) is 31.6. The number of hydrogen-bond donors (Lipinski definition) is 1. The maximum Gasteiger partial charge on any atom is 0.319 e. The molecule has 3 heterocycles. The molecule has 0 bridgehead atoms. The van der Waals surface area contributed by atoms with Gasteiger partial charge in [-0.05, 0) is 125 Å². The van der Waals surface area contributed by atoms with Crippen molar-refractivity contribution in [3.8, 4) is 0 Å². The maximum atomic E-state index is 14.3. The molecular formula is C37H69N3O7. The first-order valence-electron chi connectivity index (χ1n) is 18.5. The van der Waals surface area contributed by atoms with Crippen molar-refractivity contribution < 1.29 is 33.6 Å². The van der Waals surface area contributed by atoms with E-state index in [-0.39, 0.29) is 36.5 Å². The van der Waals surface area contributed by atoms with Crippen LogP contribution in [-0.2, 0) is 28.5 Å². The number of piperidine rings is 1. The topological polar surface area (TPSA) is 101 Å². The number of methoxy groups -OCH3 is 1. The molecule has 3 fully saturated rings. The van der Waals surface area contributed by atoms with Crippen LogP contribution < -0.4 is 0 Å². The van der Waals surface area contributed by atoms with Crippen LogP contribution in [0.3, 0.4) is 0 Å². The molecule has 1 N–H and O–H groups in total. The van der Waals surface area contributed by atoms with Crippen molar-refractivity contribution in [2.75, 3.05) is 60.5 Å². The zero-order valence-corrected chi connectivity index (χ0v) is 31.6. The average Bonchev–Trinajstić information content (AvgIpc) is 3.02. The van der Waals surface area contributed by atoms with E-state index >= 15 is 0 Å². The van der Waals surface area contributed by atoms with Gasteiger partial charge in [0.1, 0.15) is 18.1 Å². The minimum Gasteiger partial charge on any atom is -0.463 e. The summed E-state index contributed by atoms with van der Waals surface area (Å²) in [6.45, 7) is 21.1. The fourth-order valence-corrected chi connectivity index (χ4v) is 8.40. The van der Waals surface area contributed by atoms with Gasteiger partial charge in [0.15, 0.2) is 12.1 Å². The summed E-state index contributed by atoms with van der Waals surface area (Å²) in [6.07, 6.45) is 3.94. The number of ether oxygens (including phenoxy) is 4. The van der Waals surface area contributed by atoms with Crippen LogP contribution in [-0.4, -0.2) is 134 Å². The Labute approximate surface area is 286 Å². The molecule has 0 saturated carbocycles. The molecule has 0 amide bonds. The Morgan fingerprint density at radius 2 is 1.66 bits per heavy atom. The highest BCUT2D eigenvalue weighted by molar-refractivity contribution is 6.04. The summed E-state index contributed by atoms with van der Waals surface area (Å²) in [5.41, 5.74) is -2.30. The minimum atomic E-state index is -1.40. The second-order valence-corrected chi connectivity index (χ2v) is 16.0. The van der Waals surface area contributed by atoms with Gasteiger partial charge in [-0.25, -0.2) is 0 Å². The number of esters is 1. The average molecular weight is 668 g/mol. The highest BCUT2D eigenvalue weighted by Gasteiger charge is 2.51. The van der Waals surface area contributed by atoms with Crippen molar-refractivity contribution in [1.29, 1.82) is 0 Å². The van der Waals surface area contributed by atoms with E-state index in [9.17, 15) is 14.7 Å². The normalized spacial score (nSPS) is 37.6. The quantitative estimate of drug-likeness (QED) is 0.263. The van der Waals surface area contributed by atoms with Crippen molar-refractivity contribution in [3.63, 3.8) is 0 Å². The van der Waals surface area contributed by atoms with Gasteiger partial charge in [-0.1, -0.05) is 27.7 Å². The molecule has 0 unspecified atom stereocenters. The van der Waals surface area contributed by atoms with Gasteiger partial charge in [0, 0.05) is 31.7 Å². The summed E-state index contributed by atoms with van der Waals surface area (Å²) >= 11 is 0. The minimum absolute atomic E-state index is 0.0734. The number of rotatable bonds is 10. The summed E-state index contributed by atoms with van der Waals surface area (Å²) in [7, 11) is 5.54. The van der Waals surface area contributed by atoms with E-state index in [2.05, 4.69) is 30.6 Å². The molecule has 10 nitrogen and oxygen atoms in total. The molecule has 0 aliphatic carbocycles. The molecule has 0 spiro atoms. The fourth-order valence-electron chi connectivity index (χ4n) is 8.40. The largest absolute Gasteiger partial charge is 0.463 e. The number of cyclic esters (lactones) is 1. The van der Waals surface area contributed by atoms with Gasteiger partial charge in [0.05, 0.1) is 17.8 Å². The van der Waals surface area contributed by atoms with Crippen molar-refractivity contribution in [3.05, 3.63) is 0 Å². The number of hydrogen-bond acceptors (Lipinski definition) is 10. The number of aliphatic hydroxyl groups is 1. The predicted octanol–water partition coefficient (Wildman–Crippen LogP) is 4.61. The van der Waals surface area contributed by atoms with Crippen LogP contribution in [0.4, 0.5) is 0 Å². The van der Waals surface area contributed by atoms with E-state index in [1.807, 2.05) is 39.8 Å². The number of Topliss-reactive ketones (excluding diaryl/α,β-unsaturated/α-hetero) is 1. The van der Waals surface area contributed by atoms with Crippen LogP contribution >= 0.6 is 0 Å². The van der Waals surface area contributed by atoms with Gasteiger partial charge in [-0.15, -0.1) is 0 Å². The van der Waals surface area contributed by atoms with E-state index in [0.717, 1.165) is 58.4 Å². The first-order chi connectivity index (χ1) is 22.1. The number of carbonyl (C=O) groups is 2. The summed E-state index contributed by atoms with van der Waals surface area (Å²) in [5, 5.41) is 11.4. The van der Waals surface area contributed by atoms with Gasteiger partial charge in [0.25, 0.3) is 0 Å². The molecular weight excluding hydrogens is 598 g/mol. The highest BCUT2D eigenvalue weighted by atomic mass is 16.7. The first-order valence-corrected chi connectivity index (χ1v) is 18.5. The molecule has 274 valence electrons. The number of carbonyl (C=O) groups excluding carboxylic acids is 2. The van der Waals surface area contributed by atoms with Crippen LogP contribution in [0.1, 0.15) is 100 Å². The third-order valence-corrected chi connectivity index (χ3v) is 11.2. The lowest BCUT2D eigenvalue weighted by Gasteiger charge is -2.47. The van der Waals surface area contributed by atoms with Gasteiger partial charge >= 0.3 is 5.97 Å². The molecule has 3 saturated heterocycles. The standard InChI is InChI=1S/C37H69N3O7/c1-12-16-39-18-14-28(15-19-39)21-29-24-45-35(43)36(6,7)32(42)27(5)33(37(8,44-11)22-25(3)23-40(29)17-13-2)47-34-31(41)30(38(9)10)20-26(4)46-34/h25-31,33-34,41H,12-24H2,1-11H3/t25-,26-,27+,29-,30+,31-,33-,34+,37-/m1/s1. The molecule has 3 aliphatic heterocycles. The Balaban J connectivity index is 1.96. The number of likely N-dealkylation sites (tertiary alicyclic amines) is 1. The van der Waals surface area contributed by atoms with E-state index in [4.69, 9.17) is 18.9 Å². The van der Waals surface area contributed by atoms with Crippen molar-refractivity contribution in [2.24, 2.45) is 23.2 Å². The van der Waals surface area contributed by atoms with Gasteiger partial charge in [-0.2, -0.15) is 0 Å². The van der Waals surface area contributed by atoms with E-state index in [1.54, 1.807) is 21.0 Å². The second kappa shape index (κ2) is 17.7. The van der Waals surface area contributed by atoms with E-state index < -0.39 is 41.4 Å². The molecule has 0 aromatic rings. The molecule has 47 heavy (non-hydrogen) atoms. The van der Waals surface area contributed by atoms with Crippen LogP contribution in [0.25, 0.3) is 0 Å². The fraction of sp³-hybridized carbons (Fsp3) is 0.946. The summed E-state index contributed by atoms with van der Waals surface area (Å²) in [4.78, 5) is 35.2. The number of nitrogens with zero attached hydrogens (tertiary/aromatic N) is 3. The van der Waals surface area contributed by atoms with Crippen LogP contribution in [0.5, 0.6) is 0 Å². The third kappa shape index (κ3) is 10.2. The van der Waals surface area contributed by atoms with Crippen LogP contribution in [0.15, 0.2) is 0 Å². The summed E-state index contributed by atoms with van der Waals surface area (Å²) < 4.78 is 25.3. The zero-order chi connectivity index (χ0) is 35.1. The Morgan fingerprint density at radius 1 is 1.02 bits per heavy atom. The van der Waals surface area contributed by atoms with Crippen molar-refractivity contribution >= 4 is 11.8 Å².